The van der Waals surface area contributed by atoms with Crippen LogP contribution < -0.4 is 0 Å². The van der Waals surface area contributed by atoms with Crippen LogP contribution in [0.5, 0.6) is 0 Å². The van der Waals surface area contributed by atoms with Crippen molar-refractivity contribution in [2.24, 2.45) is 0 Å². The molecule has 0 unspecified atom stereocenters. The molecule has 1 aliphatic rings. The highest BCUT2D eigenvalue weighted by Gasteiger charge is 2.32. The van der Waals surface area contributed by atoms with Crippen molar-refractivity contribution < 1.29 is 22.7 Å². The van der Waals surface area contributed by atoms with Gasteiger partial charge in [-0.3, -0.25) is 4.79 Å². The van der Waals surface area contributed by atoms with E-state index < -0.39 is 16.0 Å². The first-order valence-corrected chi connectivity index (χ1v) is 10.6. The maximum Gasteiger partial charge on any atom is 0.338 e. The van der Waals surface area contributed by atoms with E-state index in [1.54, 1.807) is 18.9 Å². The summed E-state index contributed by atoms with van der Waals surface area (Å²) < 4.78 is 32.5. The topological polar surface area (TPSA) is 84.0 Å². The van der Waals surface area contributed by atoms with Crippen LogP contribution in [0.4, 0.5) is 0 Å². The number of rotatable bonds is 5. The van der Waals surface area contributed by atoms with Gasteiger partial charge in [0, 0.05) is 37.6 Å². The van der Waals surface area contributed by atoms with Gasteiger partial charge in [0.05, 0.1) is 17.1 Å². The predicted octanol–water partition coefficient (Wildman–Crippen LogP) is 2.26. The monoisotopic (exact) mass is 446 g/mol. The molecule has 0 N–H and O–H groups in total. The maximum atomic E-state index is 12.9. The molecule has 0 atom stereocenters. The van der Waals surface area contributed by atoms with E-state index in [1.165, 1.54) is 29.4 Å². The molecule has 1 aliphatic heterocycles. The first-order chi connectivity index (χ1) is 12.2. The minimum atomic E-state index is -3.69. The van der Waals surface area contributed by atoms with Crippen molar-refractivity contribution in [3.05, 3.63) is 28.2 Å². The molecule has 1 heterocycles. The van der Waals surface area contributed by atoms with E-state index in [9.17, 15) is 18.0 Å². The van der Waals surface area contributed by atoms with Crippen molar-refractivity contribution in [1.82, 2.24) is 9.21 Å². The smallest absolute Gasteiger partial charge is 0.338 e. The summed E-state index contributed by atoms with van der Waals surface area (Å²) in [5.74, 6) is -0.520. The normalized spacial score (nSPS) is 16.3. The van der Waals surface area contributed by atoms with Crippen molar-refractivity contribution in [2.45, 2.75) is 37.6 Å². The van der Waals surface area contributed by atoms with Crippen LogP contribution in [0.1, 0.15) is 37.0 Å². The summed E-state index contributed by atoms with van der Waals surface area (Å²) in [6.07, 6.45) is 1.18. The van der Waals surface area contributed by atoms with Gasteiger partial charge in [-0.2, -0.15) is 4.31 Å². The molecule has 9 heteroatoms. The van der Waals surface area contributed by atoms with Gasteiger partial charge in [0.15, 0.2) is 0 Å². The second-order valence-electron chi connectivity index (χ2n) is 6.13. The van der Waals surface area contributed by atoms with Gasteiger partial charge >= 0.3 is 5.97 Å². The SMILES string of the molecule is CCOC(=O)c1ccc(S(=O)(=O)N2CCC(N(C)C(C)=O)CC2)c(Br)c1. The van der Waals surface area contributed by atoms with Gasteiger partial charge in [-0.1, -0.05) is 0 Å². The molecule has 1 aromatic rings. The average molecular weight is 447 g/mol. The Morgan fingerprint density at radius 2 is 1.92 bits per heavy atom. The van der Waals surface area contributed by atoms with Crippen molar-refractivity contribution >= 4 is 37.8 Å². The first-order valence-electron chi connectivity index (χ1n) is 8.38. The lowest BCUT2D eigenvalue weighted by atomic mass is 10.1. The van der Waals surface area contributed by atoms with Crippen LogP contribution in [0.15, 0.2) is 27.6 Å². The molecule has 7 nitrogen and oxygen atoms in total. The predicted molar refractivity (Wildman–Crippen MR) is 100 cm³/mol. The number of ether oxygens (including phenoxy) is 1. The van der Waals surface area contributed by atoms with Crippen LogP contribution in [0.3, 0.4) is 0 Å². The highest BCUT2D eigenvalue weighted by atomic mass is 79.9. The Balaban J connectivity index is 2.16. The summed E-state index contributed by atoms with van der Waals surface area (Å²) in [7, 11) is -1.95. The van der Waals surface area contributed by atoms with Gasteiger partial charge in [-0.05, 0) is 53.9 Å². The van der Waals surface area contributed by atoms with E-state index in [-0.39, 0.29) is 23.5 Å². The quantitative estimate of drug-likeness (QED) is 0.647. The largest absolute Gasteiger partial charge is 0.462 e. The zero-order valence-electron chi connectivity index (χ0n) is 15.1. The summed E-state index contributed by atoms with van der Waals surface area (Å²) in [6.45, 7) is 4.15. The van der Waals surface area contributed by atoms with Gasteiger partial charge in [-0.25, -0.2) is 13.2 Å². The van der Waals surface area contributed by atoms with Crippen LogP contribution in [0.2, 0.25) is 0 Å². The summed E-state index contributed by atoms with van der Waals surface area (Å²) in [4.78, 5) is 25.0. The van der Waals surface area contributed by atoms with Crippen molar-refractivity contribution in [3.63, 3.8) is 0 Å². The van der Waals surface area contributed by atoms with E-state index in [4.69, 9.17) is 4.74 Å². The maximum absolute atomic E-state index is 12.9. The number of hydrogen-bond acceptors (Lipinski definition) is 5. The molecule has 144 valence electrons. The van der Waals surface area contributed by atoms with Crippen LogP contribution >= 0.6 is 15.9 Å². The summed E-state index contributed by atoms with van der Waals surface area (Å²) in [5.41, 5.74) is 0.291. The number of halogens is 1. The van der Waals surface area contributed by atoms with Crippen LogP contribution in [0.25, 0.3) is 0 Å². The van der Waals surface area contributed by atoms with Crippen LogP contribution in [-0.2, 0) is 19.6 Å². The number of benzene rings is 1. The molecule has 1 saturated heterocycles. The minimum Gasteiger partial charge on any atom is -0.462 e. The highest BCUT2D eigenvalue weighted by molar-refractivity contribution is 9.10. The van der Waals surface area contributed by atoms with E-state index in [1.807, 2.05) is 0 Å². The standard InChI is InChI=1S/C17H23BrN2O5S/c1-4-25-17(22)13-5-6-16(15(18)11-13)26(23,24)20-9-7-14(8-10-20)19(3)12(2)21/h5-6,11,14H,4,7-10H2,1-3H3. The third-order valence-corrected chi connectivity index (χ3v) is 7.40. The number of esters is 1. The Labute approximate surface area is 162 Å². The molecular weight excluding hydrogens is 424 g/mol. The lowest BCUT2D eigenvalue weighted by Gasteiger charge is -2.35. The number of sulfonamides is 1. The number of amides is 1. The third-order valence-electron chi connectivity index (χ3n) is 4.53. The molecule has 1 aromatic carbocycles. The molecule has 1 fully saturated rings. The molecule has 0 spiro atoms. The Morgan fingerprint density at radius 3 is 2.42 bits per heavy atom. The van der Waals surface area contributed by atoms with Crippen LogP contribution in [-0.4, -0.2) is 62.3 Å². The third kappa shape index (κ3) is 4.44. The number of nitrogens with zero attached hydrogens (tertiary/aromatic N) is 2. The highest BCUT2D eigenvalue weighted by Crippen LogP contribution is 2.29. The molecular formula is C17H23BrN2O5S. The van der Waals surface area contributed by atoms with Gasteiger partial charge < -0.3 is 9.64 Å². The fourth-order valence-electron chi connectivity index (χ4n) is 2.92. The lowest BCUT2D eigenvalue weighted by Crippen LogP contribution is -2.46. The molecule has 26 heavy (non-hydrogen) atoms. The Bertz CT molecular complexity index is 788. The molecule has 2 rings (SSSR count). The number of carbonyl (C=O) groups excluding carboxylic acids is 2. The molecule has 0 radical (unpaired) electrons. The molecule has 1 amide bonds. The second-order valence-corrected chi connectivity index (χ2v) is 8.89. The van der Waals surface area contributed by atoms with Gasteiger partial charge in [0.25, 0.3) is 0 Å². The van der Waals surface area contributed by atoms with E-state index >= 15 is 0 Å². The summed E-state index contributed by atoms with van der Waals surface area (Å²) in [6, 6.07) is 4.38. The Hall–Kier alpha value is -1.45. The van der Waals surface area contributed by atoms with Gasteiger partial charge in [0.2, 0.25) is 15.9 Å². The Morgan fingerprint density at radius 1 is 1.31 bits per heavy atom. The fourth-order valence-corrected chi connectivity index (χ4v) is 5.42. The number of piperidine rings is 1. The van der Waals surface area contributed by atoms with Crippen molar-refractivity contribution in [1.29, 1.82) is 0 Å². The Kier molecular flexibility index (Phi) is 6.81. The van der Waals surface area contributed by atoms with E-state index in [0.717, 1.165) is 0 Å². The summed E-state index contributed by atoms with van der Waals surface area (Å²) >= 11 is 3.26. The van der Waals surface area contributed by atoms with E-state index in [0.29, 0.717) is 36.0 Å². The lowest BCUT2D eigenvalue weighted by molar-refractivity contribution is -0.130. The second kappa shape index (κ2) is 8.49. The van der Waals surface area contributed by atoms with Gasteiger partial charge in [0.1, 0.15) is 0 Å². The number of carbonyl (C=O) groups is 2. The van der Waals surface area contributed by atoms with Crippen LogP contribution in [0, 0.1) is 0 Å². The molecule has 0 bridgehead atoms. The average Bonchev–Trinajstić information content (AvgIpc) is 2.61. The molecule has 0 aromatic heterocycles. The first kappa shape index (κ1) is 20.9. The number of hydrogen-bond donors (Lipinski definition) is 0. The molecule has 0 aliphatic carbocycles. The molecule has 0 saturated carbocycles. The fraction of sp³-hybridized carbons (Fsp3) is 0.529. The van der Waals surface area contributed by atoms with Crippen molar-refractivity contribution in [2.75, 3.05) is 26.7 Å². The zero-order chi connectivity index (χ0) is 19.5. The zero-order valence-corrected chi connectivity index (χ0v) is 17.5. The summed E-state index contributed by atoms with van der Waals surface area (Å²) in [5, 5.41) is 0. The van der Waals surface area contributed by atoms with Crippen molar-refractivity contribution in [3.8, 4) is 0 Å². The minimum absolute atomic E-state index is 0.0244. The van der Waals surface area contributed by atoms with Gasteiger partial charge in [-0.15, -0.1) is 0 Å². The van der Waals surface area contributed by atoms with E-state index in [2.05, 4.69) is 15.9 Å².